The predicted octanol–water partition coefficient (Wildman–Crippen LogP) is 2.35. The lowest BCUT2D eigenvalue weighted by Crippen LogP contribution is -2.42. The van der Waals surface area contributed by atoms with Crippen molar-refractivity contribution in [2.45, 2.75) is 39.2 Å². The molecule has 2 aromatic heterocycles. The fourth-order valence-corrected chi connectivity index (χ4v) is 3.46. The van der Waals surface area contributed by atoms with Gasteiger partial charge in [0.05, 0.1) is 24.4 Å². The molecule has 3 heterocycles. The molecule has 0 aromatic carbocycles. The minimum atomic E-state index is -0.375. The Hall–Kier alpha value is -1.80. The molecule has 124 valence electrons. The van der Waals surface area contributed by atoms with Crippen LogP contribution >= 0.6 is 11.3 Å². The minimum absolute atomic E-state index is 0.0121. The van der Waals surface area contributed by atoms with E-state index in [1.165, 1.54) is 11.3 Å². The van der Waals surface area contributed by atoms with Crippen molar-refractivity contribution < 1.29 is 13.9 Å². The lowest BCUT2D eigenvalue weighted by molar-refractivity contribution is -0.0348. The molecule has 0 bridgehead atoms. The van der Waals surface area contributed by atoms with Crippen molar-refractivity contribution in [3.8, 4) is 0 Å². The standard InChI is InChI=1S/C15H20N4O3S/c1-9-17-18-13(22-9)10-7-19(5-6-21-10)14(20)11-12(15(2,3)4)16-8-23-11/h8,10H,5-7H2,1-4H3/t10-/m1/s1. The molecule has 1 aliphatic heterocycles. The van der Waals surface area contributed by atoms with Gasteiger partial charge in [0.15, 0.2) is 6.10 Å². The number of carbonyl (C=O) groups excluding carboxylic acids is 1. The van der Waals surface area contributed by atoms with Gasteiger partial charge in [0, 0.05) is 18.9 Å². The number of nitrogens with zero attached hydrogens (tertiary/aromatic N) is 4. The van der Waals surface area contributed by atoms with Gasteiger partial charge < -0.3 is 14.1 Å². The van der Waals surface area contributed by atoms with Gasteiger partial charge in [-0.05, 0) is 0 Å². The summed E-state index contributed by atoms with van der Waals surface area (Å²) in [6.45, 7) is 9.30. The highest BCUT2D eigenvalue weighted by Crippen LogP contribution is 2.29. The smallest absolute Gasteiger partial charge is 0.266 e. The van der Waals surface area contributed by atoms with E-state index in [1.807, 2.05) is 0 Å². The van der Waals surface area contributed by atoms with Crippen LogP contribution in [0.3, 0.4) is 0 Å². The van der Waals surface area contributed by atoms with Crippen LogP contribution in [0.5, 0.6) is 0 Å². The van der Waals surface area contributed by atoms with Gasteiger partial charge in [0.25, 0.3) is 5.91 Å². The number of amides is 1. The molecule has 0 N–H and O–H groups in total. The summed E-state index contributed by atoms with van der Waals surface area (Å²) in [5.41, 5.74) is 2.40. The molecule has 1 atom stereocenters. The van der Waals surface area contributed by atoms with Crippen LogP contribution in [0.2, 0.25) is 0 Å². The van der Waals surface area contributed by atoms with Crippen LogP contribution in [0, 0.1) is 6.92 Å². The fraction of sp³-hybridized carbons (Fsp3) is 0.600. The molecule has 1 saturated heterocycles. The van der Waals surface area contributed by atoms with E-state index in [-0.39, 0.29) is 17.4 Å². The largest absolute Gasteiger partial charge is 0.423 e. The van der Waals surface area contributed by atoms with Gasteiger partial charge in [0.2, 0.25) is 11.8 Å². The quantitative estimate of drug-likeness (QED) is 0.837. The zero-order chi connectivity index (χ0) is 16.6. The van der Waals surface area contributed by atoms with E-state index in [2.05, 4.69) is 36.0 Å². The average Bonchev–Trinajstić information content (AvgIpc) is 3.15. The Kier molecular flexibility index (Phi) is 4.20. The van der Waals surface area contributed by atoms with Crippen LogP contribution < -0.4 is 0 Å². The Morgan fingerprint density at radius 3 is 2.83 bits per heavy atom. The highest BCUT2D eigenvalue weighted by molar-refractivity contribution is 7.11. The lowest BCUT2D eigenvalue weighted by Gasteiger charge is -2.31. The van der Waals surface area contributed by atoms with Crippen LogP contribution in [-0.4, -0.2) is 45.7 Å². The van der Waals surface area contributed by atoms with Gasteiger partial charge in [-0.2, -0.15) is 0 Å². The van der Waals surface area contributed by atoms with Crippen molar-refractivity contribution in [1.29, 1.82) is 0 Å². The maximum atomic E-state index is 12.9. The van der Waals surface area contributed by atoms with Crippen molar-refractivity contribution in [3.63, 3.8) is 0 Å². The molecule has 0 aliphatic carbocycles. The third-order valence-corrected chi connectivity index (χ3v) is 4.46. The summed E-state index contributed by atoms with van der Waals surface area (Å²) in [7, 11) is 0. The number of aromatic nitrogens is 3. The second-order valence-electron chi connectivity index (χ2n) is 6.55. The number of morpholine rings is 1. The normalized spacial score (nSPS) is 19.1. The zero-order valence-corrected chi connectivity index (χ0v) is 14.5. The summed E-state index contributed by atoms with van der Waals surface area (Å²) in [6, 6.07) is 0. The van der Waals surface area contributed by atoms with Gasteiger partial charge in [0.1, 0.15) is 4.88 Å². The van der Waals surface area contributed by atoms with Crippen molar-refractivity contribution in [3.05, 3.63) is 27.9 Å². The van der Waals surface area contributed by atoms with E-state index in [9.17, 15) is 4.79 Å². The summed E-state index contributed by atoms with van der Waals surface area (Å²) >= 11 is 1.38. The monoisotopic (exact) mass is 336 g/mol. The number of rotatable bonds is 2. The molecule has 7 nitrogen and oxygen atoms in total. The van der Waals surface area contributed by atoms with Crippen molar-refractivity contribution >= 4 is 17.2 Å². The van der Waals surface area contributed by atoms with Gasteiger partial charge >= 0.3 is 0 Å². The minimum Gasteiger partial charge on any atom is -0.423 e. The van der Waals surface area contributed by atoms with Gasteiger partial charge in [-0.15, -0.1) is 21.5 Å². The molecule has 0 saturated carbocycles. The van der Waals surface area contributed by atoms with Crippen molar-refractivity contribution in [2.24, 2.45) is 0 Å². The second-order valence-corrected chi connectivity index (χ2v) is 7.40. The Labute approximate surface area is 138 Å². The van der Waals surface area contributed by atoms with Crippen LogP contribution in [-0.2, 0) is 10.2 Å². The number of aryl methyl sites for hydroxylation is 1. The fourth-order valence-electron chi connectivity index (χ4n) is 2.50. The summed E-state index contributed by atoms with van der Waals surface area (Å²) < 4.78 is 11.1. The Morgan fingerprint density at radius 1 is 1.39 bits per heavy atom. The summed E-state index contributed by atoms with van der Waals surface area (Å²) in [6.07, 6.45) is -0.375. The first-order valence-electron chi connectivity index (χ1n) is 7.51. The maximum absolute atomic E-state index is 12.9. The van der Waals surface area contributed by atoms with Gasteiger partial charge in [-0.3, -0.25) is 4.79 Å². The Balaban J connectivity index is 1.79. The number of ether oxygens (including phenoxy) is 1. The van der Waals surface area contributed by atoms with E-state index in [1.54, 1.807) is 17.3 Å². The molecule has 23 heavy (non-hydrogen) atoms. The second kappa shape index (κ2) is 6.01. The zero-order valence-electron chi connectivity index (χ0n) is 13.7. The first-order chi connectivity index (χ1) is 10.9. The maximum Gasteiger partial charge on any atom is 0.266 e. The van der Waals surface area contributed by atoms with Gasteiger partial charge in [-0.25, -0.2) is 4.98 Å². The Bertz CT molecular complexity index is 704. The van der Waals surface area contributed by atoms with Crippen LogP contribution in [0.15, 0.2) is 9.93 Å². The topological polar surface area (TPSA) is 81.4 Å². The summed E-state index contributed by atoms with van der Waals surface area (Å²) in [4.78, 5) is 19.7. The van der Waals surface area contributed by atoms with E-state index in [0.717, 1.165) is 5.69 Å². The molecule has 2 aromatic rings. The Morgan fingerprint density at radius 2 is 2.17 bits per heavy atom. The third-order valence-electron chi connectivity index (χ3n) is 3.64. The van der Waals surface area contributed by atoms with Crippen LogP contribution in [0.1, 0.15) is 54.0 Å². The third kappa shape index (κ3) is 3.28. The van der Waals surface area contributed by atoms with Gasteiger partial charge in [-0.1, -0.05) is 20.8 Å². The predicted molar refractivity (Wildman–Crippen MR) is 84.4 cm³/mol. The van der Waals surface area contributed by atoms with Crippen molar-refractivity contribution in [1.82, 2.24) is 20.1 Å². The lowest BCUT2D eigenvalue weighted by atomic mass is 9.91. The summed E-state index contributed by atoms with van der Waals surface area (Å²) in [5, 5.41) is 7.81. The first-order valence-corrected chi connectivity index (χ1v) is 8.39. The average molecular weight is 336 g/mol. The molecule has 0 radical (unpaired) electrons. The molecule has 3 rings (SSSR count). The molecule has 0 spiro atoms. The van der Waals surface area contributed by atoms with E-state index < -0.39 is 0 Å². The van der Waals surface area contributed by atoms with E-state index >= 15 is 0 Å². The number of carbonyl (C=O) groups is 1. The first kappa shape index (κ1) is 16.1. The molecule has 1 aliphatic rings. The SMILES string of the molecule is Cc1nnc([C@H]2CN(C(=O)c3scnc3C(C)(C)C)CCO2)o1. The highest BCUT2D eigenvalue weighted by Gasteiger charge is 2.33. The number of thiazole rings is 1. The summed E-state index contributed by atoms with van der Waals surface area (Å²) in [5.74, 6) is 0.895. The van der Waals surface area contributed by atoms with Crippen molar-refractivity contribution in [2.75, 3.05) is 19.7 Å². The highest BCUT2D eigenvalue weighted by atomic mass is 32.1. The van der Waals surface area contributed by atoms with E-state index in [4.69, 9.17) is 9.15 Å². The molecule has 1 fully saturated rings. The molecular weight excluding hydrogens is 316 g/mol. The molecular formula is C15H20N4O3S. The molecule has 1 amide bonds. The molecule has 8 heteroatoms. The van der Waals surface area contributed by atoms with Crippen LogP contribution in [0.4, 0.5) is 0 Å². The number of hydrogen-bond donors (Lipinski definition) is 0. The molecule has 0 unspecified atom stereocenters. The van der Waals surface area contributed by atoms with Crippen LogP contribution in [0.25, 0.3) is 0 Å². The van der Waals surface area contributed by atoms with E-state index in [0.29, 0.717) is 36.4 Å². The number of hydrogen-bond acceptors (Lipinski definition) is 7.